The minimum atomic E-state index is -0.140. The van der Waals surface area contributed by atoms with Crippen molar-refractivity contribution in [3.63, 3.8) is 0 Å². The Balaban J connectivity index is 1.52. The third kappa shape index (κ3) is 5.09. The van der Waals surface area contributed by atoms with Gasteiger partial charge in [-0.2, -0.15) is 0 Å². The van der Waals surface area contributed by atoms with E-state index in [-0.39, 0.29) is 42.6 Å². The number of nitrogens with one attached hydrogen (secondary N) is 3. The normalized spacial score (nSPS) is 25.5. The van der Waals surface area contributed by atoms with Crippen LogP contribution in [0.5, 0.6) is 0 Å². The molecule has 4 N–H and O–H groups in total. The zero-order valence-corrected chi connectivity index (χ0v) is 16.0. The highest BCUT2D eigenvalue weighted by atomic mass is 16.4. The Morgan fingerprint density at radius 1 is 1.41 bits per heavy atom. The Morgan fingerprint density at radius 2 is 2.19 bits per heavy atom. The van der Waals surface area contributed by atoms with E-state index in [1.807, 2.05) is 19.9 Å². The third-order valence-corrected chi connectivity index (χ3v) is 5.22. The molecule has 3 atom stereocenters. The van der Waals surface area contributed by atoms with E-state index in [1.165, 1.54) is 0 Å². The zero-order valence-electron chi connectivity index (χ0n) is 16.0. The number of rotatable bonds is 8. The molecule has 1 aromatic heterocycles. The maximum Gasteiger partial charge on any atom is 0.237 e. The van der Waals surface area contributed by atoms with Gasteiger partial charge in [0, 0.05) is 37.6 Å². The largest absolute Gasteiger partial charge is 0.462 e. The van der Waals surface area contributed by atoms with Crippen molar-refractivity contribution < 1.29 is 19.1 Å². The van der Waals surface area contributed by atoms with E-state index >= 15 is 0 Å². The van der Waals surface area contributed by atoms with E-state index in [1.54, 1.807) is 6.07 Å². The van der Waals surface area contributed by atoms with E-state index in [2.05, 4.69) is 20.9 Å². The van der Waals surface area contributed by atoms with Crippen molar-refractivity contribution in [2.75, 3.05) is 13.1 Å². The SMILES string of the molecule is CC(C)NC(=O)CCC1CNC(=O)C2CC(NCc3ccc(CO)o3)CN12. The maximum absolute atomic E-state index is 12.3. The first-order valence-corrected chi connectivity index (χ1v) is 9.71. The molecule has 3 heterocycles. The van der Waals surface area contributed by atoms with Gasteiger partial charge in [0.15, 0.2) is 0 Å². The summed E-state index contributed by atoms with van der Waals surface area (Å²) in [5.41, 5.74) is 0. The number of furan rings is 1. The van der Waals surface area contributed by atoms with E-state index in [0.29, 0.717) is 25.3 Å². The second-order valence-electron chi connectivity index (χ2n) is 7.71. The van der Waals surface area contributed by atoms with Gasteiger partial charge >= 0.3 is 0 Å². The molecule has 27 heavy (non-hydrogen) atoms. The fraction of sp³-hybridized carbons (Fsp3) is 0.684. The molecule has 2 aliphatic heterocycles. The molecule has 0 aliphatic carbocycles. The van der Waals surface area contributed by atoms with E-state index in [0.717, 1.165) is 25.1 Å². The Kier molecular flexibility index (Phi) is 6.51. The van der Waals surface area contributed by atoms with Crippen LogP contribution >= 0.6 is 0 Å². The van der Waals surface area contributed by atoms with E-state index in [4.69, 9.17) is 9.52 Å². The van der Waals surface area contributed by atoms with Crippen molar-refractivity contribution >= 4 is 11.8 Å². The van der Waals surface area contributed by atoms with Crippen LogP contribution in [0, 0.1) is 0 Å². The Labute approximate surface area is 159 Å². The summed E-state index contributed by atoms with van der Waals surface area (Å²) >= 11 is 0. The molecule has 3 unspecified atom stereocenters. The Morgan fingerprint density at radius 3 is 2.89 bits per heavy atom. The number of nitrogens with zero attached hydrogens (tertiary/aromatic N) is 1. The number of carbonyl (C=O) groups excluding carboxylic acids is 2. The molecule has 0 bridgehead atoms. The highest BCUT2D eigenvalue weighted by molar-refractivity contribution is 5.83. The summed E-state index contributed by atoms with van der Waals surface area (Å²) in [5, 5.41) is 18.4. The lowest BCUT2D eigenvalue weighted by Gasteiger charge is -2.37. The summed E-state index contributed by atoms with van der Waals surface area (Å²) in [4.78, 5) is 26.4. The lowest BCUT2D eigenvalue weighted by atomic mass is 10.0. The first-order valence-electron chi connectivity index (χ1n) is 9.71. The van der Waals surface area contributed by atoms with E-state index < -0.39 is 0 Å². The van der Waals surface area contributed by atoms with Crippen LogP contribution in [-0.2, 0) is 22.7 Å². The number of carbonyl (C=O) groups is 2. The molecular weight excluding hydrogens is 348 g/mol. The molecule has 2 aliphatic rings. The molecule has 0 spiro atoms. The van der Waals surface area contributed by atoms with Crippen molar-refractivity contribution in [3.8, 4) is 0 Å². The summed E-state index contributed by atoms with van der Waals surface area (Å²) in [7, 11) is 0. The zero-order chi connectivity index (χ0) is 19.4. The number of aliphatic hydroxyl groups excluding tert-OH is 1. The molecule has 0 radical (unpaired) electrons. The fourth-order valence-electron chi connectivity index (χ4n) is 3.93. The van der Waals surface area contributed by atoms with Crippen molar-refractivity contribution in [3.05, 3.63) is 23.7 Å². The van der Waals surface area contributed by atoms with Crippen LogP contribution in [0.3, 0.4) is 0 Å². The van der Waals surface area contributed by atoms with Crippen LogP contribution < -0.4 is 16.0 Å². The number of aliphatic hydroxyl groups is 1. The van der Waals surface area contributed by atoms with Gasteiger partial charge < -0.3 is 25.5 Å². The monoisotopic (exact) mass is 378 g/mol. The molecule has 2 saturated heterocycles. The van der Waals surface area contributed by atoms with Crippen molar-refractivity contribution in [1.29, 1.82) is 0 Å². The molecule has 8 heteroatoms. The third-order valence-electron chi connectivity index (χ3n) is 5.22. The summed E-state index contributed by atoms with van der Waals surface area (Å²) in [6, 6.07) is 3.99. The highest BCUT2D eigenvalue weighted by Gasteiger charge is 2.43. The number of amides is 2. The van der Waals surface area contributed by atoms with Gasteiger partial charge in [0.05, 0.1) is 12.6 Å². The van der Waals surface area contributed by atoms with Gasteiger partial charge in [0.25, 0.3) is 0 Å². The van der Waals surface area contributed by atoms with Crippen LogP contribution in [0.4, 0.5) is 0 Å². The average molecular weight is 378 g/mol. The average Bonchev–Trinajstić information content (AvgIpc) is 3.26. The minimum absolute atomic E-state index is 0.0600. The first kappa shape index (κ1) is 19.9. The number of hydrogen-bond donors (Lipinski definition) is 4. The van der Waals surface area contributed by atoms with Crippen LogP contribution in [0.25, 0.3) is 0 Å². The fourth-order valence-corrected chi connectivity index (χ4v) is 3.93. The number of fused-ring (bicyclic) bond motifs is 1. The molecule has 150 valence electrons. The second-order valence-corrected chi connectivity index (χ2v) is 7.71. The van der Waals surface area contributed by atoms with Crippen LogP contribution in [-0.4, -0.2) is 59.1 Å². The van der Waals surface area contributed by atoms with Crippen molar-refractivity contribution in [2.45, 2.75) is 70.4 Å². The van der Waals surface area contributed by atoms with Gasteiger partial charge in [0.1, 0.15) is 18.1 Å². The topological polar surface area (TPSA) is 107 Å². The van der Waals surface area contributed by atoms with Gasteiger partial charge in [0.2, 0.25) is 11.8 Å². The maximum atomic E-state index is 12.3. The molecule has 0 aromatic carbocycles. The standard InChI is InChI=1S/C19H30N4O4/c1-12(2)22-18(25)6-3-14-8-21-19(26)17-7-13(10-23(14)17)20-9-15-4-5-16(11-24)27-15/h4-5,12-14,17,20,24H,3,6-11H2,1-2H3,(H,21,26)(H,22,25). The quantitative estimate of drug-likeness (QED) is 0.511. The Bertz CT molecular complexity index is 660. The lowest BCUT2D eigenvalue weighted by molar-refractivity contribution is -0.129. The van der Waals surface area contributed by atoms with Gasteiger partial charge in [-0.3, -0.25) is 14.5 Å². The molecule has 1 aromatic rings. The molecule has 2 amide bonds. The van der Waals surface area contributed by atoms with Crippen LogP contribution in [0.1, 0.15) is 44.6 Å². The molecule has 2 fully saturated rings. The van der Waals surface area contributed by atoms with Gasteiger partial charge in [-0.25, -0.2) is 0 Å². The summed E-state index contributed by atoms with van der Waals surface area (Å²) < 4.78 is 5.50. The van der Waals surface area contributed by atoms with Crippen molar-refractivity contribution in [2.24, 2.45) is 0 Å². The minimum Gasteiger partial charge on any atom is -0.462 e. The van der Waals surface area contributed by atoms with Gasteiger partial charge in [-0.1, -0.05) is 0 Å². The van der Waals surface area contributed by atoms with Crippen LogP contribution in [0.2, 0.25) is 0 Å². The Hall–Kier alpha value is -1.90. The molecular formula is C19H30N4O4. The summed E-state index contributed by atoms with van der Waals surface area (Å²) in [6.07, 6.45) is 1.95. The summed E-state index contributed by atoms with van der Waals surface area (Å²) in [5.74, 6) is 1.46. The summed E-state index contributed by atoms with van der Waals surface area (Å²) in [6.45, 7) is 5.74. The predicted octanol–water partition coefficient (Wildman–Crippen LogP) is 0.108. The molecule has 0 saturated carbocycles. The molecule has 8 nitrogen and oxygen atoms in total. The highest BCUT2D eigenvalue weighted by Crippen LogP contribution is 2.26. The number of piperazine rings is 1. The number of hydrogen-bond acceptors (Lipinski definition) is 6. The van der Waals surface area contributed by atoms with Gasteiger partial charge in [-0.15, -0.1) is 0 Å². The van der Waals surface area contributed by atoms with Crippen LogP contribution in [0.15, 0.2) is 16.5 Å². The first-order chi connectivity index (χ1) is 13.0. The van der Waals surface area contributed by atoms with Crippen molar-refractivity contribution in [1.82, 2.24) is 20.9 Å². The lowest BCUT2D eigenvalue weighted by Crippen LogP contribution is -2.58. The van der Waals surface area contributed by atoms with E-state index in [9.17, 15) is 9.59 Å². The second kappa shape index (κ2) is 8.86. The predicted molar refractivity (Wildman–Crippen MR) is 99.7 cm³/mol. The van der Waals surface area contributed by atoms with Gasteiger partial charge in [-0.05, 0) is 38.8 Å². The smallest absolute Gasteiger partial charge is 0.237 e. The molecule has 3 rings (SSSR count).